The topological polar surface area (TPSA) is 88.3 Å². The molecule has 160 valence electrons. The summed E-state index contributed by atoms with van der Waals surface area (Å²) in [4.78, 5) is 12.3. The number of amides is 2. The highest BCUT2D eigenvalue weighted by Crippen LogP contribution is 2.27. The van der Waals surface area contributed by atoms with Crippen molar-refractivity contribution in [2.75, 3.05) is 17.2 Å². The maximum Gasteiger partial charge on any atom is 0.387 e. The molecule has 0 aliphatic carbocycles. The Morgan fingerprint density at radius 3 is 2.84 bits per heavy atom. The van der Waals surface area contributed by atoms with E-state index in [4.69, 9.17) is 4.74 Å². The number of carbonyl (C=O) groups is 1. The fraction of sp³-hybridized carbons (Fsp3) is 0.143. The zero-order valence-corrected chi connectivity index (χ0v) is 16.9. The molecule has 3 N–H and O–H groups in total. The highest BCUT2D eigenvalue weighted by atomic mass is 32.1. The normalized spacial score (nSPS) is 10.9. The van der Waals surface area contributed by atoms with E-state index >= 15 is 0 Å². The van der Waals surface area contributed by atoms with Gasteiger partial charge in [-0.25, -0.2) is 4.79 Å². The average molecular weight is 444 g/mol. The molecule has 0 saturated heterocycles. The summed E-state index contributed by atoms with van der Waals surface area (Å²) in [5, 5.41) is 16.8. The lowest BCUT2D eigenvalue weighted by atomic mass is 10.2. The van der Waals surface area contributed by atoms with Crippen molar-refractivity contribution in [1.82, 2.24) is 10.2 Å². The molecule has 0 saturated carbocycles. The third-order valence-corrected chi connectivity index (χ3v) is 5.09. The van der Waals surface area contributed by atoms with Gasteiger partial charge in [-0.1, -0.05) is 12.1 Å². The van der Waals surface area contributed by atoms with Gasteiger partial charge in [0.2, 0.25) is 0 Å². The number of thiophene rings is 1. The van der Waals surface area contributed by atoms with Crippen molar-refractivity contribution < 1.29 is 23.0 Å². The molecule has 0 spiro atoms. The predicted octanol–water partition coefficient (Wildman–Crippen LogP) is 5.49. The van der Waals surface area contributed by atoms with Gasteiger partial charge in [0.25, 0.3) is 0 Å². The molecule has 31 heavy (non-hydrogen) atoms. The van der Waals surface area contributed by atoms with E-state index in [0.717, 1.165) is 6.42 Å². The number of alkyl halides is 2. The zero-order chi connectivity index (χ0) is 21.6. The molecule has 2 aromatic heterocycles. The Morgan fingerprint density at radius 2 is 2.03 bits per heavy atom. The molecule has 2 heterocycles. The number of nitrogens with one attached hydrogen (secondary N) is 3. The maximum atomic E-state index is 12.5. The number of aromatic nitrogens is 2. The van der Waals surface area contributed by atoms with Crippen LogP contribution in [0.5, 0.6) is 11.5 Å². The summed E-state index contributed by atoms with van der Waals surface area (Å²) in [5.41, 5.74) is 2.02. The van der Waals surface area contributed by atoms with Gasteiger partial charge < -0.3 is 14.8 Å². The van der Waals surface area contributed by atoms with Crippen LogP contribution in [-0.2, 0) is 6.42 Å². The van der Waals surface area contributed by atoms with E-state index in [1.54, 1.807) is 35.6 Å². The number of fused-ring (bicyclic) bond motifs is 1. The number of benzene rings is 2. The summed E-state index contributed by atoms with van der Waals surface area (Å²) in [5.74, 6) is 0.841. The van der Waals surface area contributed by atoms with Gasteiger partial charge in [0.15, 0.2) is 5.82 Å². The highest BCUT2D eigenvalue weighted by Gasteiger charge is 2.14. The molecule has 0 bridgehead atoms. The fourth-order valence-electron chi connectivity index (χ4n) is 2.94. The Labute approximate surface area is 180 Å². The van der Waals surface area contributed by atoms with Gasteiger partial charge in [0, 0.05) is 17.9 Å². The molecule has 2 aromatic carbocycles. The molecule has 0 aliphatic heterocycles. The molecular weight excluding hydrogens is 426 g/mol. The Hall–Kier alpha value is -3.66. The van der Waals surface area contributed by atoms with Crippen LogP contribution in [-0.4, -0.2) is 29.4 Å². The number of nitrogens with zero attached hydrogens (tertiary/aromatic N) is 1. The molecule has 0 atom stereocenters. The van der Waals surface area contributed by atoms with Crippen molar-refractivity contribution in [3.63, 3.8) is 0 Å². The number of hydrogen-bond donors (Lipinski definition) is 3. The summed E-state index contributed by atoms with van der Waals surface area (Å²) in [6.45, 7) is -2.45. The first kappa shape index (κ1) is 20.6. The van der Waals surface area contributed by atoms with E-state index in [2.05, 4.69) is 37.0 Å². The van der Waals surface area contributed by atoms with E-state index in [0.29, 0.717) is 29.1 Å². The first-order valence-corrected chi connectivity index (χ1v) is 10.3. The van der Waals surface area contributed by atoms with E-state index in [1.807, 2.05) is 5.38 Å². The number of para-hydroxylation sites is 2. The first-order chi connectivity index (χ1) is 15.1. The second-order valence-corrected chi connectivity index (χ2v) is 7.24. The lowest BCUT2D eigenvalue weighted by molar-refractivity contribution is -0.0493. The largest absolute Gasteiger partial charge is 0.493 e. The number of halogens is 2. The lowest BCUT2D eigenvalue weighted by Gasteiger charge is -2.11. The fourth-order valence-corrected chi connectivity index (χ4v) is 3.64. The SMILES string of the molecule is O=C(Nc1ccccc1OC(F)F)Nc1n[nH]c2cc(OCCc3ccsc3)ccc12. The quantitative estimate of drug-likeness (QED) is 0.335. The average Bonchev–Trinajstić information content (AvgIpc) is 3.39. The van der Waals surface area contributed by atoms with Gasteiger partial charge in [0.1, 0.15) is 11.5 Å². The van der Waals surface area contributed by atoms with E-state index in [1.165, 1.54) is 23.8 Å². The number of urea groups is 1. The van der Waals surface area contributed by atoms with Gasteiger partial charge in [-0.15, -0.1) is 0 Å². The smallest absolute Gasteiger partial charge is 0.387 e. The molecule has 0 unspecified atom stereocenters. The number of carbonyl (C=O) groups excluding carboxylic acids is 1. The molecule has 0 fully saturated rings. The van der Waals surface area contributed by atoms with Crippen molar-refractivity contribution in [2.24, 2.45) is 0 Å². The van der Waals surface area contributed by atoms with Crippen molar-refractivity contribution in [3.05, 3.63) is 64.9 Å². The van der Waals surface area contributed by atoms with Crippen LogP contribution in [0.25, 0.3) is 10.9 Å². The minimum atomic E-state index is -3.00. The van der Waals surface area contributed by atoms with Gasteiger partial charge >= 0.3 is 12.6 Å². The lowest BCUT2D eigenvalue weighted by Crippen LogP contribution is -2.20. The number of rotatable bonds is 8. The minimum Gasteiger partial charge on any atom is -0.493 e. The standard InChI is InChI=1S/C21H18F2N4O3S/c22-20(23)30-18-4-2-1-3-16(18)24-21(28)25-19-15-6-5-14(11-17(15)26-27-19)29-9-7-13-8-10-31-12-13/h1-6,8,10-12,20H,7,9H2,(H3,24,25,26,27,28). The second kappa shape index (κ2) is 9.43. The number of hydrogen-bond acceptors (Lipinski definition) is 5. The van der Waals surface area contributed by atoms with Gasteiger partial charge in [-0.3, -0.25) is 10.4 Å². The number of ether oxygens (including phenoxy) is 2. The summed E-state index contributed by atoms with van der Waals surface area (Å²) >= 11 is 1.65. The maximum absolute atomic E-state index is 12.5. The summed E-state index contributed by atoms with van der Waals surface area (Å²) in [6.07, 6.45) is 0.814. The van der Waals surface area contributed by atoms with E-state index < -0.39 is 12.6 Å². The summed E-state index contributed by atoms with van der Waals surface area (Å²) in [6, 6.07) is 12.7. The zero-order valence-electron chi connectivity index (χ0n) is 16.1. The van der Waals surface area contributed by atoms with Crippen LogP contribution < -0.4 is 20.1 Å². The van der Waals surface area contributed by atoms with Crippen LogP contribution in [0.1, 0.15) is 5.56 Å². The minimum absolute atomic E-state index is 0.112. The van der Waals surface area contributed by atoms with Crippen molar-refractivity contribution in [1.29, 1.82) is 0 Å². The number of anilines is 2. The van der Waals surface area contributed by atoms with Crippen LogP contribution in [0, 0.1) is 0 Å². The summed E-state index contributed by atoms with van der Waals surface area (Å²) in [7, 11) is 0. The predicted molar refractivity (Wildman–Crippen MR) is 115 cm³/mol. The third kappa shape index (κ3) is 5.28. The molecule has 4 aromatic rings. The Kier molecular flexibility index (Phi) is 6.27. The Morgan fingerprint density at radius 1 is 1.16 bits per heavy atom. The number of H-pyrrole nitrogens is 1. The van der Waals surface area contributed by atoms with Crippen molar-refractivity contribution >= 4 is 39.8 Å². The van der Waals surface area contributed by atoms with Crippen molar-refractivity contribution in [3.8, 4) is 11.5 Å². The van der Waals surface area contributed by atoms with Crippen LogP contribution >= 0.6 is 11.3 Å². The van der Waals surface area contributed by atoms with Crippen molar-refractivity contribution in [2.45, 2.75) is 13.0 Å². The monoisotopic (exact) mass is 444 g/mol. The molecule has 4 rings (SSSR count). The Balaban J connectivity index is 1.39. The van der Waals surface area contributed by atoms with E-state index in [-0.39, 0.29) is 11.4 Å². The van der Waals surface area contributed by atoms with Gasteiger partial charge in [-0.2, -0.15) is 25.2 Å². The van der Waals surface area contributed by atoms with E-state index in [9.17, 15) is 13.6 Å². The first-order valence-electron chi connectivity index (χ1n) is 9.32. The van der Waals surface area contributed by atoms with Crippen LogP contribution in [0.15, 0.2) is 59.3 Å². The third-order valence-electron chi connectivity index (χ3n) is 4.36. The summed E-state index contributed by atoms with van der Waals surface area (Å²) < 4.78 is 35.2. The van der Waals surface area contributed by atoms with Crippen LogP contribution in [0.3, 0.4) is 0 Å². The molecule has 2 amide bonds. The van der Waals surface area contributed by atoms with Gasteiger partial charge in [0.05, 0.1) is 17.8 Å². The highest BCUT2D eigenvalue weighted by molar-refractivity contribution is 7.07. The van der Waals surface area contributed by atoms with Crippen LogP contribution in [0.2, 0.25) is 0 Å². The molecule has 10 heteroatoms. The molecule has 0 aliphatic rings. The van der Waals surface area contributed by atoms with Gasteiger partial charge in [-0.05, 0) is 46.7 Å². The Bertz CT molecular complexity index is 1160. The molecule has 7 nitrogen and oxygen atoms in total. The molecule has 0 radical (unpaired) electrons. The second-order valence-electron chi connectivity index (χ2n) is 6.46. The van der Waals surface area contributed by atoms with Crippen LogP contribution in [0.4, 0.5) is 25.1 Å². The molecular formula is C21H18F2N4O3S. The number of aromatic amines is 1.